The van der Waals surface area contributed by atoms with Crippen LogP contribution in [-0.2, 0) is 9.72 Å². The Hall–Kier alpha value is 1.20. The summed E-state index contributed by atoms with van der Waals surface area (Å²) < 4.78 is 0. The Morgan fingerprint density at radius 3 is 1.83 bits per heavy atom. The topological polar surface area (TPSA) is 57.5 Å². The van der Waals surface area contributed by atoms with Crippen LogP contribution in [0.2, 0.25) is 0 Å². The van der Waals surface area contributed by atoms with Crippen molar-refractivity contribution in [2.45, 2.75) is 70.3 Å². The fourth-order valence-corrected chi connectivity index (χ4v) is 3.86. The SMILES string of the molecule is CC1CCC(C2CCC(O)(CC(=O)O)CC2)CC1.[I][V]([I])[I].[Rf]. The molecule has 0 saturated heterocycles. The van der Waals surface area contributed by atoms with Gasteiger partial charge in [0.25, 0.3) is 0 Å². The van der Waals surface area contributed by atoms with Crippen LogP contribution in [0.15, 0.2) is 0 Å². The Labute approximate surface area is 171 Å². The predicted octanol–water partition coefficient (Wildman–Crippen LogP) is 5.86. The molecule has 2 saturated carbocycles. The maximum atomic E-state index is 10.7. The van der Waals surface area contributed by atoms with E-state index in [1.165, 1.54) is 25.7 Å². The smallest absolute Gasteiger partial charge is 0 e. The molecule has 8 heteroatoms. The minimum absolute atomic E-state index is 0. The number of halogens is 3. The van der Waals surface area contributed by atoms with Crippen LogP contribution < -0.4 is 0 Å². The van der Waals surface area contributed by atoms with Crippen LogP contribution in [0.3, 0.4) is 0 Å². The summed E-state index contributed by atoms with van der Waals surface area (Å²) in [6, 6.07) is 0. The maximum absolute atomic E-state index is 10.7. The number of hydrogen-bond acceptors (Lipinski definition) is 2. The first kappa shape index (κ1) is 24.2. The van der Waals surface area contributed by atoms with Crippen molar-refractivity contribution < 1.29 is 19.9 Å². The van der Waals surface area contributed by atoms with Crippen molar-refractivity contribution in [3.8, 4) is 0 Å². The van der Waals surface area contributed by atoms with Gasteiger partial charge in [-0.05, 0) is 56.3 Å². The van der Waals surface area contributed by atoms with Crippen molar-refractivity contribution >= 4 is 65.9 Å². The molecule has 3 nitrogen and oxygen atoms in total. The van der Waals surface area contributed by atoms with E-state index >= 15 is 0 Å². The third-order valence-electron chi connectivity index (χ3n) is 5.17. The van der Waals surface area contributed by atoms with Crippen molar-refractivity contribution in [2.75, 3.05) is 0 Å². The van der Waals surface area contributed by atoms with Gasteiger partial charge in [-0.3, -0.25) is 4.79 Å². The zero-order valence-electron chi connectivity index (χ0n) is 13.7. The number of carboxylic acids is 1. The Morgan fingerprint density at radius 1 is 1.04 bits per heavy atom. The first-order chi connectivity index (χ1) is 10.2. The summed E-state index contributed by atoms with van der Waals surface area (Å²) in [7, 11) is 0. The third kappa shape index (κ3) is 10.1. The molecule has 0 spiro atoms. The molecule has 23 heavy (non-hydrogen) atoms. The second-order valence-electron chi connectivity index (χ2n) is 6.84. The number of carboxylic acid groups (broad SMARTS) is 1. The number of aliphatic carboxylic acids is 1. The second-order valence-corrected chi connectivity index (χ2v) is 42.2. The summed E-state index contributed by atoms with van der Waals surface area (Å²) in [6.07, 6.45) is 8.67. The van der Waals surface area contributed by atoms with Crippen molar-refractivity contribution in [1.29, 1.82) is 0 Å². The van der Waals surface area contributed by atoms with Gasteiger partial charge in [0.15, 0.2) is 0 Å². The fraction of sp³-hybridized carbons (Fsp3) is 0.933. The van der Waals surface area contributed by atoms with Crippen LogP contribution in [0, 0.1) is 17.8 Å². The average molecular weight is 953 g/mol. The minimum Gasteiger partial charge on any atom is 0 e. The maximum Gasteiger partial charge on any atom is 0 e. The number of aliphatic hydroxyl groups is 1. The molecule has 0 aromatic heterocycles. The quantitative estimate of drug-likeness (QED) is 0.349. The van der Waals surface area contributed by atoms with Gasteiger partial charge in [0.1, 0.15) is 0 Å². The molecule has 0 heterocycles. The van der Waals surface area contributed by atoms with E-state index in [0.29, 0.717) is 12.8 Å². The summed E-state index contributed by atoms with van der Waals surface area (Å²) in [6.45, 7) is 2.34. The van der Waals surface area contributed by atoms with E-state index in [1.807, 2.05) is 0 Å². The van der Waals surface area contributed by atoms with Crippen LogP contribution in [0.25, 0.3) is 0 Å². The summed E-state index contributed by atoms with van der Waals surface area (Å²) in [5.41, 5.74) is -0.926. The molecule has 0 bridgehead atoms. The van der Waals surface area contributed by atoms with Gasteiger partial charge in [-0.25, -0.2) is 0 Å². The largest absolute Gasteiger partial charge is 0 e. The number of carbonyl (C=O) groups is 1. The molecule has 0 amide bonds. The Kier molecular flexibility index (Phi) is 12.4. The summed E-state index contributed by atoms with van der Waals surface area (Å²) >= 11 is 7.39. The fourth-order valence-electron chi connectivity index (χ4n) is 3.86. The van der Waals surface area contributed by atoms with Gasteiger partial charge in [0.05, 0.1) is 12.0 Å². The number of rotatable bonds is 3. The molecule has 2 N–H and O–H groups in total. The van der Waals surface area contributed by atoms with E-state index in [0.717, 1.165) is 30.6 Å². The van der Waals surface area contributed by atoms with Gasteiger partial charge in [-0.2, -0.15) is 0 Å². The molecule has 2 rings (SSSR count). The van der Waals surface area contributed by atoms with Gasteiger partial charge in [-0.15, -0.1) is 0 Å². The van der Waals surface area contributed by atoms with Crippen molar-refractivity contribution in [2.24, 2.45) is 17.8 Å². The molecule has 0 aromatic carbocycles. The summed E-state index contributed by atoms with van der Waals surface area (Å²) in [4.78, 5) is 10.5. The van der Waals surface area contributed by atoms with Crippen LogP contribution in [0.4, 0.5) is 0 Å². The molecule has 0 aliphatic heterocycles. The molecule has 2 aliphatic carbocycles. The molecule has 2 fully saturated rings. The Balaban J connectivity index is 0.000000871. The van der Waals surface area contributed by atoms with Gasteiger partial charge in [0, 0.05) is 0 Å². The van der Waals surface area contributed by atoms with E-state index < -0.39 is 11.6 Å². The Bertz CT molecular complexity index is 342. The zero-order valence-corrected chi connectivity index (χ0v) is 28.0. The van der Waals surface area contributed by atoms with Crippen molar-refractivity contribution in [1.82, 2.24) is 0 Å². The van der Waals surface area contributed by atoms with E-state index in [2.05, 4.69) is 66.9 Å². The normalized spacial score (nSPS) is 34.1. The first-order valence-electron chi connectivity index (χ1n) is 7.93. The van der Waals surface area contributed by atoms with Gasteiger partial charge < -0.3 is 10.2 Å². The molecule has 132 valence electrons. The molecule has 0 unspecified atom stereocenters. The average Bonchev–Trinajstić information content (AvgIpc) is 2.39. The zero-order chi connectivity index (χ0) is 16.8. The molecular formula is C15H26I3O3RfV. The second kappa shape index (κ2) is 11.7. The van der Waals surface area contributed by atoms with Crippen molar-refractivity contribution in [3.05, 3.63) is 0 Å². The standard InChI is InChI=1S/C15H26O3.3HI.Rf.V/c1-11-2-4-12(5-3-11)13-6-8-15(18,9-7-13)10-14(16)17;;;;;/h11-13,18H,2-10H2,1H3,(H,16,17);3*1H;;/q;;;;;+3/p-3. The molecule has 0 aromatic rings. The van der Waals surface area contributed by atoms with E-state index in [-0.39, 0.29) is 11.3 Å². The summed E-state index contributed by atoms with van der Waals surface area (Å²) in [5, 5.41) is 19.0. The molecule has 2 aliphatic rings. The third-order valence-corrected chi connectivity index (χ3v) is 5.17. The van der Waals surface area contributed by atoms with Crippen LogP contribution >= 0.6 is 59.9 Å². The number of hydrogen-bond donors (Lipinski definition) is 2. The van der Waals surface area contributed by atoms with E-state index in [9.17, 15) is 9.90 Å². The minimum atomic E-state index is -0.926. The predicted molar refractivity (Wildman–Crippen MR) is 112 cm³/mol. The Morgan fingerprint density at radius 2 is 1.43 bits per heavy atom. The van der Waals surface area contributed by atoms with Crippen LogP contribution in [0.1, 0.15) is 64.7 Å². The first-order valence-corrected chi connectivity index (χ1v) is 21.5. The monoisotopic (exact) mass is 953 g/mol. The van der Waals surface area contributed by atoms with E-state index in [1.54, 1.807) is 0 Å². The molecular weight excluding hydrogens is 927 g/mol. The van der Waals surface area contributed by atoms with Crippen LogP contribution in [-0.4, -0.2) is 21.8 Å². The van der Waals surface area contributed by atoms with Crippen molar-refractivity contribution in [3.63, 3.8) is 0 Å². The van der Waals surface area contributed by atoms with Crippen LogP contribution in [0.5, 0.6) is 0 Å². The molecule has 0 radical (unpaired) electrons. The van der Waals surface area contributed by atoms with Gasteiger partial charge in [-0.1, -0.05) is 19.8 Å². The molecule has 0 atom stereocenters. The van der Waals surface area contributed by atoms with Gasteiger partial charge in [0.2, 0.25) is 0 Å². The van der Waals surface area contributed by atoms with E-state index in [4.69, 9.17) is 5.11 Å². The van der Waals surface area contributed by atoms with Gasteiger partial charge >= 0.3 is 70.8 Å². The summed E-state index contributed by atoms with van der Waals surface area (Å²) in [5.74, 6) is 1.57.